The van der Waals surface area contributed by atoms with Gasteiger partial charge in [0.2, 0.25) is 0 Å². The molecule has 0 aromatic carbocycles. The van der Waals surface area contributed by atoms with E-state index in [-0.39, 0.29) is 11.6 Å². The summed E-state index contributed by atoms with van der Waals surface area (Å²) in [6.07, 6.45) is 2.25. The number of imidazole rings is 1. The minimum Gasteiger partial charge on any atom is -0.444 e. The normalized spacial score (nSPS) is 14.6. The van der Waals surface area contributed by atoms with E-state index in [1.165, 1.54) is 0 Å². The first-order chi connectivity index (χ1) is 10.5. The number of nitrogens with one attached hydrogen (secondary N) is 3. The Morgan fingerprint density at radius 2 is 2.00 bits per heavy atom. The molecular formula is C17H32N4O2. The maximum atomic E-state index is 11.9. The molecule has 0 saturated carbocycles. The van der Waals surface area contributed by atoms with Gasteiger partial charge in [0.25, 0.3) is 0 Å². The summed E-state index contributed by atoms with van der Waals surface area (Å²) in [5.74, 6) is 0.508. The van der Waals surface area contributed by atoms with Crippen LogP contribution in [0.25, 0.3) is 0 Å². The zero-order valence-electron chi connectivity index (χ0n) is 15.5. The molecule has 132 valence electrons. The number of H-pyrrole nitrogens is 1. The molecule has 1 aromatic rings. The standard InChI is InChI=1S/C17H32N4O2/c1-12(2)8-17(7,10-18-15(22)23-16(4,5)6)21-9-14-13(3)19-11-20-14/h11-12,21H,8-10H2,1-7H3,(H,18,22)(H,19,20). The van der Waals surface area contributed by atoms with Gasteiger partial charge in [-0.25, -0.2) is 9.78 Å². The Balaban J connectivity index is 2.62. The van der Waals surface area contributed by atoms with Crippen molar-refractivity contribution in [2.24, 2.45) is 5.92 Å². The predicted octanol–water partition coefficient (Wildman–Crippen LogP) is 3.14. The van der Waals surface area contributed by atoms with E-state index < -0.39 is 5.60 Å². The van der Waals surface area contributed by atoms with Gasteiger partial charge in [-0.2, -0.15) is 0 Å². The molecular weight excluding hydrogens is 292 g/mol. The third-order valence-corrected chi connectivity index (χ3v) is 3.50. The number of amides is 1. The van der Waals surface area contributed by atoms with E-state index in [4.69, 9.17) is 4.74 Å². The maximum Gasteiger partial charge on any atom is 0.407 e. The first-order valence-electron chi connectivity index (χ1n) is 8.21. The maximum absolute atomic E-state index is 11.9. The molecule has 1 unspecified atom stereocenters. The highest BCUT2D eigenvalue weighted by molar-refractivity contribution is 5.67. The van der Waals surface area contributed by atoms with Crippen LogP contribution in [0.5, 0.6) is 0 Å². The summed E-state index contributed by atoms with van der Waals surface area (Å²) in [6, 6.07) is 0. The predicted molar refractivity (Wildman–Crippen MR) is 92.3 cm³/mol. The highest BCUT2D eigenvalue weighted by Crippen LogP contribution is 2.17. The van der Waals surface area contributed by atoms with Crippen LogP contribution < -0.4 is 10.6 Å². The molecule has 1 aromatic heterocycles. The van der Waals surface area contributed by atoms with Gasteiger partial charge in [0, 0.05) is 24.3 Å². The molecule has 23 heavy (non-hydrogen) atoms. The highest BCUT2D eigenvalue weighted by atomic mass is 16.6. The average Bonchev–Trinajstić information content (AvgIpc) is 2.77. The van der Waals surface area contributed by atoms with Crippen molar-refractivity contribution in [3.05, 3.63) is 17.7 Å². The molecule has 0 saturated heterocycles. The second kappa shape index (κ2) is 7.81. The van der Waals surface area contributed by atoms with Gasteiger partial charge >= 0.3 is 6.09 Å². The van der Waals surface area contributed by atoms with Crippen LogP contribution in [0.2, 0.25) is 0 Å². The summed E-state index contributed by atoms with van der Waals surface area (Å²) in [6.45, 7) is 15.2. The van der Waals surface area contributed by atoms with Gasteiger partial charge in [-0.15, -0.1) is 0 Å². The molecule has 0 bridgehead atoms. The van der Waals surface area contributed by atoms with Crippen molar-refractivity contribution in [1.29, 1.82) is 0 Å². The molecule has 1 atom stereocenters. The number of nitrogens with zero attached hydrogens (tertiary/aromatic N) is 1. The lowest BCUT2D eigenvalue weighted by atomic mass is 9.90. The molecule has 0 aliphatic heterocycles. The lowest BCUT2D eigenvalue weighted by molar-refractivity contribution is 0.0507. The minimum absolute atomic E-state index is 0.226. The first kappa shape index (κ1) is 19.5. The van der Waals surface area contributed by atoms with Crippen molar-refractivity contribution in [3.63, 3.8) is 0 Å². The largest absolute Gasteiger partial charge is 0.444 e. The molecule has 6 nitrogen and oxygen atoms in total. The zero-order chi connectivity index (χ0) is 17.7. The quantitative estimate of drug-likeness (QED) is 0.720. The minimum atomic E-state index is -0.488. The number of aromatic amines is 1. The van der Waals surface area contributed by atoms with E-state index in [9.17, 15) is 4.79 Å². The Labute approximate surface area is 139 Å². The van der Waals surface area contributed by atoms with Crippen LogP contribution in [0.15, 0.2) is 6.33 Å². The fourth-order valence-corrected chi connectivity index (χ4v) is 2.55. The SMILES string of the molecule is Cc1[nH]cnc1CNC(C)(CNC(=O)OC(C)(C)C)CC(C)C. The molecule has 1 rings (SSSR count). The van der Waals surface area contributed by atoms with Crippen LogP contribution >= 0.6 is 0 Å². The lowest BCUT2D eigenvalue weighted by Crippen LogP contribution is -2.52. The average molecular weight is 324 g/mol. The summed E-state index contributed by atoms with van der Waals surface area (Å²) in [5.41, 5.74) is 1.34. The van der Waals surface area contributed by atoms with Gasteiger partial charge in [0.15, 0.2) is 0 Å². The van der Waals surface area contributed by atoms with Crippen molar-refractivity contribution in [2.75, 3.05) is 6.54 Å². The molecule has 0 radical (unpaired) electrons. The van der Waals surface area contributed by atoms with Crippen LogP contribution in [-0.4, -0.2) is 33.7 Å². The first-order valence-corrected chi connectivity index (χ1v) is 8.21. The third-order valence-electron chi connectivity index (χ3n) is 3.50. The second-order valence-corrected chi connectivity index (χ2v) is 7.84. The van der Waals surface area contributed by atoms with Gasteiger partial charge in [0.05, 0.1) is 12.0 Å². The number of ether oxygens (including phenoxy) is 1. The fourth-order valence-electron chi connectivity index (χ4n) is 2.55. The van der Waals surface area contributed by atoms with Crippen molar-refractivity contribution < 1.29 is 9.53 Å². The van der Waals surface area contributed by atoms with E-state index in [1.807, 2.05) is 27.7 Å². The van der Waals surface area contributed by atoms with E-state index in [2.05, 4.69) is 41.4 Å². The van der Waals surface area contributed by atoms with Crippen molar-refractivity contribution >= 4 is 6.09 Å². The Bertz CT molecular complexity index is 505. The van der Waals surface area contributed by atoms with Crippen molar-refractivity contribution in [3.8, 4) is 0 Å². The van der Waals surface area contributed by atoms with Crippen molar-refractivity contribution in [2.45, 2.75) is 72.6 Å². The summed E-state index contributed by atoms with van der Waals surface area (Å²) >= 11 is 0. The molecule has 0 aliphatic carbocycles. The van der Waals surface area contributed by atoms with E-state index in [0.717, 1.165) is 17.8 Å². The highest BCUT2D eigenvalue weighted by Gasteiger charge is 2.27. The van der Waals surface area contributed by atoms with Gasteiger partial charge in [0.1, 0.15) is 5.60 Å². The van der Waals surface area contributed by atoms with Gasteiger partial charge in [-0.3, -0.25) is 0 Å². The van der Waals surface area contributed by atoms with E-state index in [0.29, 0.717) is 19.0 Å². The molecule has 0 aliphatic rings. The summed E-state index contributed by atoms with van der Waals surface area (Å²) in [7, 11) is 0. The van der Waals surface area contributed by atoms with Crippen LogP contribution in [0.3, 0.4) is 0 Å². The van der Waals surface area contributed by atoms with Gasteiger partial charge in [-0.05, 0) is 47.0 Å². The number of alkyl carbamates (subject to hydrolysis) is 1. The molecule has 3 N–H and O–H groups in total. The third kappa shape index (κ3) is 7.50. The second-order valence-electron chi connectivity index (χ2n) is 7.84. The number of hydrogen-bond acceptors (Lipinski definition) is 4. The Kier molecular flexibility index (Phi) is 6.62. The smallest absolute Gasteiger partial charge is 0.407 e. The summed E-state index contributed by atoms with van der Waals surface area (Å²) < 4.78 is 5.31. The van der Waals surface area contributed by atoms with Crippen LogP contribution in [0.4, 0.5) is 4.79 Å². The van der Waals surface area contributed by atoms with E-state index in [1.54, 1.807) is 6.33 Å². The number of aromatic nitrogens is 2. The number of carbonyl (C=O) groups excluding carboxylic acids is 1. The number of hydrogen-bond donors (Lipinski definition) is 3. The molecule has 0 fully saturated rings. The Hall–Kier alpha value is -1.56. The topological polar surface area (TPSA) is 79.0 Å². The van der Waals surface area contributed by atoms with E-state index >= 15 is 0 Å². The summed E-state index contributed by atoms with van der Waals surface area (Å²) in [5, 5.41) is 6.41. The Morgan fingerprint density at radius 3 is 2.48 bits per heavy atom. The zero-order valence-corrected chi connectivity index (χ0v) is 15.5. The van der Waals surface area contributed by atoms with Crippen LogP contribution in [0.1, 0.15) is 59.4 Å². The van der Waals surface area contributed by atoms with Crippen molar-refractivity contribution in [1.82, 2.24) is 20.6 Å². The lowest BCUT2D eigenvalue weighted by Gasteiger charge is -2.33. The molecule has 0 spiro atoms. The van der Waals surface area contributed by atoms with Gasteiger partial charge < -0.3 is 20.4 Å². The summed E-state index contributed by atoms with van der Waals surface area (Å²) in [4.78, 5) is 19.3. The molecule has 1 amide bonds. The van der Waals surface area contributed by atoms with Crippen LogP contribution in [0, 0.1) is 12.8 Å². The number of carbonyl (C=O) groups is 1. The van der Waals surface area contributed by atoms with Crippen LogP contribution in [-0.2, 0) is 11.3 Å². The monoisotopic (exact) mass is 324 g/mol. The van der Waals surface area contributed by atoms with Gasteiger partial charge in [-0.1, -0.05) is 13.8 Å². The number of aryl methyl sites for hydroxylation is 1. The fraction of sp³-hybridized carbons (Fsp3) is 0.765. The molecule has 1 heterocycles. The molecule has 6 heteroatoms. The number of rotatable bonds is 7. The Morgan fingerprint density at radius 1 is 1.35 bits per heavy atom.